The highest BCUT2D eigenvalue weighted by Crippen LogP contribution is 2.22. The van der Waals surface area contributed by atoms with Crippen LogP contribution in [0.5, 0.6) is 5.75 Å². The van der Waals surface area contributed by atoms with Crippen molar-refractivity contribution in [2.75, 3.05) is 11.9 Å². The SMILES string of the molecule is CCc1cccc(CC)c1NC(=O)COC(=O)[C@@H](CC)Oc1ccccc1. The van der Waals surface area contributed by atoms with E-state index in [2.05, 4.69) is 5.32 Å². The Labute approximate surface area is 160 Å². The number of benzene rings is 2. The standard InChI is InChI=1S/C22H27NO4/c1-4-16-11-10-12-17(5-2)21(16)23-20(24)15-26-22(25)19(6-3)27-18-13-8-7-9-14-18/h7-14,19H,4-6,15H2,1-3H3,(H,23,24)/t19-/m1/s1. The molecule has 0 spiro atoms. The number of nitrogens with one attached hydrogen (secondary N) is 1. The van der Waals surface area contributed by atoms with Crippen LogP contribution in [0.25, 0.3) is 0 Å². The Balaban J connectivity index is 1.94. The highest BCUT2D eigenvalue weighted by atomic mass is 16.6. The summed E-state index contributed by atoms with van der Waals surface area (Å²) in [5, 5.41) is 2.89. The Hall–Kier alpha value is -2.82. The minimum absolute atomic E-state index is 0.339. The van der Waals surface area contributed by atoms with Gasteiger partial charge in [-0.25, -0.2) is 4.79 Å². The van der Waals surface area contributed by atoms with Crippen molar-refractivity contribution in [3.63, 3.8) is 0 Å². The van der Waals surface area contributed by atoms with Gasteiger partial charge in [0.2, 0.25) is 0 Å². The maximum absolute atomic E-state index is 12.3. The maximum atomic E-state index is 12.3. The van der Waals surface area contributed by atoms with Gasteiger partial charge in [0.15, 0.2) is 12.7 Å². The molecule has 1 atom stereocenters. The number of carbonyl (C=O) groups is 2. The van der Waals surface area contributed by atoms with E-state index in [1.165, 1.54) is 0 Å². The van der Waals surface area contributed by atoms with Crippen molar-refractivity contribution in [3.05, 3.63) is 59.7 Å². The van der Waals surface area contributed by atoms with Crippen molar-refractivity contribution in [1.82, 2.24) is 0 Å². The Morgan fingerprint density at radius 2 is 1.56 bits per heavy atom. The first-order chi connectivity index (χ1) is 13.1. The molecule has 0 aliphatic heterocycles. The summed E-state index contributed by atoms with van der Waals surface area (Å²) < 4.78 is 10.8. The number of hydrogen-bond donors (Lipinski definition) is 1. The molecule has 2 aromatic rings. The molecule has 27 heavy (non-hydrogen) atoms. The zero-order valence-electron chi connectivity index (χ0n) is 16.2. The molecule has 2 aromatic carbocycles. The number of carbonyl (C=O) groups excluding carboxylic acids is 2. The topological polar surface area (TPSA) is 64.6 Å². The van der Waals surface area contributed by atoms with E-state index in [1.54, 1.807) is 12.1 Å². The highest BCUT2D eigenvalue weighted by molar-refractivity contribution is 5.94. The van der Waals surface area contributed by atoms with Gasteiger partial charge in [0.25, 0.3) is 5.91 Å². The van der Waals surface area contributed by atoms with Crippen LogP contribution in [0, 0.1) is 0 Å². The van der Waals surface area contributed by atoms with Crippen molar-refractivity contribution in [2.24, 2.45) is 0 Å². The fourth-order valence-electron chi connectivity index (χ4n) is 2.77. The van der Waals surface area contributed by atoms with Gasteiger partial charge in [0.05, 0.1) is 0 Å². The van der Waals surface area contributed by atoms with E-state index in [-0.39, 0.29) is 12.5 Å². The number of esters is 1. The zero-order chi connectivity index (χ0) is 19.6. The molecule has 1 amide bonds. The summed E-state index contributed by atoms with van der Waals surface area (Å²) >= 11 is 0. The Morgan fingerprint density at radius 3 is 2.11 bits per heavy atom. The molecule has 0 fully saturated rings. The minimum atomic E-state index is -0.741. The predicted molar refractivity (Wildman–Crippen MR) is 106 cm³/mol. The van der Waals surface area contributed by atoms with Crippen LogP contribution >= 0.6 is 0 Å². The van der Waals surface area contributed by atoms with E-state index in [9.17, 15) is 9.59 Å². The van der Waals surface area contributed by atoms with Gasteiger partial charge in [-0.15, -0.1) is 0 Å². The first-order valence-electron chi connectivity index (χ1n) is 9.37. The van der Waals surface area contributed by atoms with Crippen LogP contribution in [-0.2, 0) is 27.2 Å². The highest BCUT2D eigenvalue weighted by Gasteiger charge is 2.21. The number of amides is 1. The lowest BCUT2D eigenvalue weighted by Gasteiger charge is -2.17. The van der Waals surface area contributed by atoms with Crippen LogP contribution in [0.4, 0.5) is 5.69 Å². The fraction of sp³-hybridized carbons (Fsp3) is 0.364. The molecule has 0 heterocycles. The molecule has 0 radical (unpaired) electrons. The van der Waals surface area contributed by atoms with E-state index in [0.717, 1.165) is 29.7 Å². The van der Waals surface area contributed by atoms with E-state index in [4.69, 9.17) is 9.47 Å². The number of anilines is 1. The van der Waals surface area contributed by atoms with Crippen molar-refractivity contribution in [3.8, 4) is 5.75 Å². The second-order valence-corrected chi connectivity index (χ2v) is 6.14. The Kier molecular flexibility index (Phi) is 7.86. The second kappa shape index (κ2) is 10.4. The van der Waals surface area contributed by atoms with Crippen LogP contribution in [0.1, 0.15) is 38.3 Å². The molecule has 5 nitrogen and oxygen atoms in total. The largest absolute Gasteiger partial charge is 0.479 e. The molecule has 0 aliphatic carbocycles. The monoisotopic (exact) mass is 369 g/mol. The first-order valence-corrected chi connectivity index (χ1v) is 9.37. The molecule has 0 unspecified atom stereocenters. The lowest BCUT2D eigenvalue weighted by molar-refractivity contribution is -0.154. The third-order valence-corrected chi connectivity index (χ3v) is 4.26. The molecular formula is C22H27NO4. The summed E-state index contributed by atoms with van der Waals surface area (Å²) in [7, 11) is 0. The minimum Gasteiger partial charge on any atom is -0.479 e. The fourth-order valence-corrected chi connectivity index (χ4v) is 2.77. The number of rotatable bonds is 9. The van der Waals surface area contributed by atoms with Gasteiger partial charge in [-0.2, -0.15) is 0 Å². The van der Waals surface area contributed by atoms with Gasteiger partial charge >= 0.3 is 5.97 Å². The Morgan fingerprint density at radius 1 is 0.926 bits per heavy atom. The van der Waals surface area contributed by atoms with Gasteiger partial charge in [-0.1, -0.05) is 57.2 Å². The molecular weight excluding hydrogens is 342 g/mol. The molecule has 0 bridgehead atoms. The zero-order valence-corrected chi connectivity index (χ0v) is 16.2. The number of hydrogen-bond acceptors (Lipinski definition) is 4. The van der Waals surface area contributed by atoms with Crippen LogP contribution in [-0.4, -0.2) is 24.6 Å². The van der Waals surface area contributed by atoms with Gasteiger partial charge in [-0.05, 0) is 42.5 Å². The molecule has 5 heteroatoms. The van der Waals surface area contributed by atoms with Crippen LogP contribution in [0.3, 0.4) is 0 Å². The van der Waals surface area contributed by atoms with E-state index in [0.29, 0.717) is 12.2 Å². The summed E-state index contributed by atoms with van der Waals surface area (Å²) in [4.78, 5) is 24.5. The first kappa shape index (κ1) is 20.5. The summed E-state index contributed by atoms with van der Waals surface area (Å²) in [5.41, 5.74) is 2.94. The van der Waals surface area contributed by atoms with Crippen molar-refractivity contribution in [1.29, 1.82) is 0 Å². The van der Waals surface area contributed by atoms with Crippen molar-refractivity contribution in [2.45, 2.75) is 46.1 Å². The van der Waals surface area contributed by atoms with E-state index in [1.807, 2.05) is 57.2 Å². The average molecular weight is 369 g/mol. The number of para-hydroxylation sites is 2. The molecule has 144 valence electrons. The van der Waals surface area contributed by atoms with Gasteiger partial charge in [0.1, 0.15) is 5.75 Å². The molecule has 2 rings (SSSR count). The summed E-state index contributed by atoms with van der Waals surface area (Å²) in [6.45, 7) is 5.57. The van der Waals surface area contributed by atoms with Crippen molar-refractivity contribution >= 4 is 17.6 Å². The third-order valence-electron chi connectivity index (χ3n) is 4.26. The smallest absolute Gasteiger partial charge is 0.347 e. The average Bonchev–Trinajstić information content (AvgIpc) is 2.71. The quantitative estimate of drug-likeness (QED) is 0.675. The second-order valence-electron chi connectivity index (χ2n) is 6.14. The molecule has 0 aliphatic rings. The normalized spacial score (nSPS) is 11.5. The summed E-state index contributed by atoms with van der Waals surface area (Å²) in [5.74, 6) is -0.306. The summed E-state index contributed by atoms with van der Waals surface area (Å²) in [6, 6.07) is 15.0. The Bertz CT molecular complexity index is 736. The van der Waals surface area contributed by atoms with Gasteiger partial charge in [0, 0.05) is 5.69 Å². The van der Waals surface area contributed by atoms with Gasteiger partial charge < -0.3 is 14.8 Å². The lowest BCUT2D eigenvalue weighted by Crippen LogP contribution is -2.31. The van der Waals surface area contributed by atoms with Gasteiger partial charge in [-0.3, -0.25) is 4.79 Å². The van der Waals surface area contributed by atoms with Crippen LogP contribution in [0.15, 0.2) is 48.5 Å². The molecule has 0 aromatic heterocycles. The molecule has 0 saturated heterocycles. The molecule has 0 saturated carbocycles. The number of ether oxygens (including phenoxy) is 2. The van der Waals surface area contributed by atoms with Crippen LogP contribution < -0.4 is 10.1 Å². The van der Waals surface area contributed by atoms with Crippen molar-refractivity contribution < 1.29 is 19.1 Å². The number of aryl methyl sites for hydroxylation is 2. The summed E-state index contributed by atoms with van der Waals surface area (Å²) in [6.07, 6.45) is 1.33. The van der Waals surface area contributed by atoms with Crippen LogP contribution in [0.2, 0.25) is 0 Å². The van der Waals surface area contributed by atoms with E-state index < -0.39 is 12.1 Å². The van der Waals surface area contributed by atoms with E-state index >= 15 is 0 Å². The third kappa shape index (κ3) is 5.84. The molecule has 1 N–H and O–H groups in total. The maximum Gasteiger partial charge on any atom is 0.347 e. The lowest BCUT2D eigenvalue weighted by atomic mass is 10.0. The predicted octanol–water partition coefficient (Wildman–Crippen LogP) is 4.15.